The topological polar surface area (TPSA) is 60.7 Å². The lowest BCUT2D eigenvalue weighted by Crippen LogP contribution is -2.22. The fourth-order valence-electron chi connectivity index (χ4n) is 2.93. The molecule has 5 nitrogen and oxygen atoms in total. The highest BCUT2D eigenvalue weighted by atomic mass is 32.2. The third-order valence-corrected chi connectivity index (χ3v) is 5.31. The first kappa shape index (κ1) is 16.7. The standard InChI is InChI=1S/C20H18N4OS/c1-3-24-19(25)14-8-4-5-9-15(14)23-20(24)26-12-18-13(2)21-16-10-6-7-11-17(16)22-18/h4-11H,3,12H2,1-2H3. The molecule has 26 heavy (non-hydrogen) atoms. The van der Waals surface area contributed by atoms with Crippen LogP contribution in [0.3, 0.4) is 0 Å². The minimum absolute atomic E-state index is 0.00178. The molecule has 0 saturated carbocycles. The maximum atomic E-state index is 12.7. The van der Waals surface area contributed by atoms with Crippen LogP contribution >= 0.6 is 11.8 Å². The van der Waals surface area contributed by atoms with Crippen LogP contribution in [0.1, 0.15) is 18.3 Å². The Hall–Kier alpha value is -2.73. The molecule has 0 fully saturated rings. The summed E-state index contributed by atoms with van der Waals surface area (Å²) in [6, 6.07) is 15.3. The zero-order chi connectivity index (χ0) is 18.1. The number of para-hydroxylation sites is 3. The Kier molecular flexibility index (Phi) is 4.42. The van der Waals surface area contributed by atoms with E-state index in [1.54, 1.807) is 4.57 Å². The molecule has 0 bridgehead atoms. The van der Waals surface area contributed by atoms with Crippen LogP contribution in [0, 0.1) is 6.92 Å². The number of nitrogens with zero attached hydrogens (tertiary/aromatic N) is 4. The maximum absolute atomic E-state index is 12.7. The number of fused-ring (bicyclic) bond motifs is 2. The molecule has 2 aromatic heterocycles. The van der Waals surface area contributed by atoms with E-state index in [1.807, 2.05) is 62.4 Å². The Balaban J connectivity index is 1.72. The molecule has 4 rings (SSSR count). The second-order valence-electron chi connectivity index (χ2n) is 5.99. The lowest BCUT2D eigenvalue weighted by atomic mass is 10.2. The van der Waals surface area contributed by atoms with Gasteiger partial charge in [0.15, 0.2) is 5.16 Å². The molecule has 6 heteroatoms. The molecule has 0 amide bonds. The first-order valence-electron chi connectivity index (χ1n) is 8.52. The molecule has 0 aliphatic heterocycles. The molecule has 0 atom stereocenters. The Morgan fingerprint density at radius 3 is 2.31 bits per heavy atom. The third kappa shape index (κ3) is 2.97. The first-order valence-corrected chi connectivity index (χ1v) is 9.50. The van der Waals surface area contributed by atoms with Gasteiger partial charge in [0, 0.05) is 12.3 Å². The fourth-order valence-corrected chi connectivity index (χ4v) is 4.00. The van der Waals surface area contributed by atoms with Gasteiger partial charge in [-0.15, -0.1) is 0 Å². The highest BCUT2D eigenvalue weighted by molar-refractivity contribution is 7.98. The predicted molar refractivity (Wildman–Crippen MR) is 106 cm³/mol. The lowest BCUT2D eigenvalue weighted by Gasteiger charge is -2.11. The summed E-state index contributed by atoms with van der Waals surface area (Å²) in [5, 5.41) is 1.37. The molecular formula is C20H18N4OS. The molecule has 0 unspecified atom stereocenters. The van der Waals surface area contributed by atoms with Crippen LogP contribution in [0.25, 0.3) is 21.9 Å². The minimum atomic E-state index is 0.00178. The van der Waals surface area contributed by atoms with Crippen LogP contribution in [0.5, 0.6) is 0 Å². The van der Waals surface area contributed by atoms with Crippen LogP contribution in [0.2, 0.25) is 0 Å². The zero-order valence-electron chi connectivity index (χ0n) is 14.6. The van der Waals surface area contributed by atoms with Gasteiger partial charge in [-0.2, -0.15) is 0 Å². The average Bonchev–Trinajstić information content (AvgIpc) is 2.66. The highest BCUT2D eigenvalue weighted by Gasteiger charge is 2.12. The van der Waals surface area contributed by atoms with E-state index in [0.29, 0.717) is 22.8 Å². The van der Waals surface area contributed by atoms with E-state index in [0.717, 1.165) is 27.9 Å². The van der Waals surface area contributed by atoms with Crippen molar-refractivity contribution < 1.29 is 0 Å². The van der Waals surface area contributed by atoms with E-state index < -0.39 is 0 Å². The largest absolute Gasteiger partial charge is 0.287 e. The van der Waals surface area contributed by atoms with Gasteiger partial charge in [-0.25, -0.2) is 15.0 Å². The van der Waals surface area contributed by atoms with Gasteiger partial charge in [0.05, 0.1) is 33.3 Å². The van der Waals surface area contributed by atoms with E-state index >= 15 is 0 Å². The lowest BCUT2D eigenvalue weighted by molar-refractivity contribution is 0.634. The monoisotopic (exact) mass is 362 g/mol. The van der Waals surface area contributed by atoms with Gasteiger partial charge < -0.3 is 0 Å². The van der Waals surface area contributed by atoms with Crippen molar-refractivity contribution in [2.24, 2.45) is 0 Å². The molecule has 0 N–H and O–H groups in total. The SMILES string of the molecule is CCn1c(SCc2nc3ccccc3nc2C)nc2ccccc2c1=O. The first-order chi connectivity index (χ1) is 12.7. The molecule has 0 spiro atoms. The number of benzene rings is 2. The highest BCUT2D eigenvalue weighted by Crippen LogP contribution is 2.23. The summed E-state index contributed by atoms with van der Waals surface area (Å²) in [5.41, 5.74) is 4.33. The number of rotatable bonds is 4. The van der Waals surface area contributed by atoms with Crippen LogP contribution in [-0.4, -0.2) is 19.5 Å². The summed E-state index contributed by atoms with van der Waals surface area (Å²) in [5.74, 6) is 0.619. The maximum Gasteiger partial charge on any atom is 0.262 e. The van der Waals surface area contributed by atoms with Crippen LogP contribution < -0.4 is 5.56 Å². The Morgan fingerprint density at radius 2 is 1.58 bits per heavy atom. The van der Waals surface area contributed by atoms with E-state index in [1.165, 1.54) is 11.8 Å². The molecule has 130 valence electrons. The predicted octanol–water partition coefficient (Wildman–Crippen LogP) is 3.96. The molecule has 4 aromatic rings. The summed E-state index contributed by atoms with van der Waals surface area (Å²) in [6.07, 6.45) is 0. The molecule has 0 aliphatic rings. The molecule has 2 aromatic carbocycles. The molecule has 2 heterocycles. The van der Waals surface area contributed by atoms with Gasteiger partial charge in [0.1, 0.15) is 0 Å². The Labute approximate surface area is 155 Å². The molecule has 0 saturated heterocycles. The van der Waals surface area contributed by atoms with E-state index in [2.05, 4.69) is 4.98 Å². The normalized spacial score (nSPS) is 11.3. The van der Waals surface area contributed by atoms with Crippen molar-refractivity contribution in [1.29, 1.82) is 0 Å². The third-order valence-electron chi connectivity index (χ3n) is 4.32. The number of hydrogen-bond acceptors (Lipinski definition) is 5. The second kappa shape index (κ2) is 6.88. The molecular weight excluding hydrogens is 344 g/mol. The summed E-state index contributed by atoms with van der Waals surface area (Å²) in [6.45, 7) is 4.51. The van der Waals surface area contributed by atoms with Gasteiger partial charge >= 0.3 is 0 Å². The quantitative estimate of drug-likeness (QED) is 0.406. The van der Waals surface area contributed by atoms with Crippen molar-refractivity contribution in [1.82, 2.24) is 19.5 Å². The second-order valence-corrected chi connectivity index (χ2v) is 6.94. The summed E-state index contributed by atoms with van der Waals surface area (Å²) < 4.78 is 1.72. The molecule has 0 radical (unpaired) electrons. The Morgan fingerprint density at radius 1 is 0.923 bits per heavy atom. The van der Waals surface area contributed by atoms with Crippen molar-refractivity contribution in [2.45, 2.75) is 31.3 Å². The number of thioether (sulfide) groups is 1. The van der Waals surface area contributed by atoms with Crippen LogP contribution in [0.15, 0.2) is 58.5 Å². The van der Waals surface area contributed by atoms with Gasteiger partial charge in [-0.1, -0.05) is 36.0 Å². The van der Waals surface area contributed by atoms with Crippen molar-refractivity contribution >= 4 is 33.7 Å². The average molecular weight is 362 g/mol. The van der Waals surface area contributed by atoms with Crippen molar-refractivity contribution in [3.05, 3.63) is 70.3 Å². The number of aromatic nitrogens is 4. The summed E-state index contributed by atoms with van der Waals surface area (Å²) in [7, 11) is 0. The Bertz CT molecular complexity index is 1170. The van der Waals surface area contributed by atoms with Gasteiger partial charge in [-0.05, 0) is 38.1 Å². The fraction of sp³-hybridized carbons (Fsp3) is 0.200. The summed E-state index contributed by atoms with van der Waals surface area (Å²) in [4.78, 5) is 26.8. The van der Waals surface area contributed by atoms with E-state index in [9.17, 15) is 4.79 Å². The van der Waals surface area contributed by atoms with Crippen molar-refractivity contribution in [2.75, 3.05) is 0 Å². The van der Waals surface area contributed by atoms with Crippen LogP contribution in [-0.2, 0) is 12.3 Å². The summed E-state index contributed by atoms with van der Waals surface area (Å²) >= 11 is 1.53. The van der Waals surface area contributed by atoms with E-state index in [4.69, 9.17) is 9.97 Å². The minimum Gasteiger partial charge on any atom is -0.287 e. The smallest absolute Gasteiger partial charge is 0.262 e. The van der Waals surface area contributed by atoms with E-state index in [-0.39, 0.29) is 5.56 Å². The van der Waals surface area contributed by atoms with Gasteiger partial charge in [0.25, 0.3) is 5.56 Å². The number of aryl methyl sites for hydroxylation is 1. The van der Waals surface area contributed by atoms with Crippen LogP contribution in [0.4, 0.5) is 0 Å². The zero-order valence-corrected chi connectivity index (χ0v) is 15.5. The van der Waals surface area contributed by atoms with Crippen molar-refractivity contribution in [3.63, 3.8) is 0 Å². The molecule has 0 aliphatic carbocycles. The van der Waals surface area contributed by atoms with Crippen molar-refractivity contribution in [3.8, 4) is 0 Å². The van der Waals surface area contributed by atoms with Gasteiger partial charge in [0.2, 0.25) is 0 Å². The number of hydrogen-bond donors (Lipinski definition) is 0. The van der Waals surface area contributed by atoms with Gasteiger partial charge in [-0.3, -0.25) is 9.36 Å².